The molecule has 72 heavy (non-hydrogen) atoms. The molecule has 0 aromatic heterocycles. The standard InChI is InChI=1S/C66H120O6/c1-4-7-10-13-16-19-21-23-25-27-29-31-32-33-34-36-37-39-41-43-45-47-50-53-56-59-65(68)71-62-63(61-70-64(67)58-55-52-49-18-15-12-9-6-3)72-66(69)60-57-54-51-48-46-44-42-40-38-35-30-28-26-24-22-20-17-14-11-8-5-2/h21,23,27-30,32-33,63H,4-20,22,24-26,31,34-62H2,1-3H3/b23-21-,29-27-,30-28-,33-32-. The molecule has 6 nitrogen and oxygen atoms in total. The Morgan fingerprint density at radius 2 is 0.500 bits per heavy atom. The summed E-state index contributed by atoms with van der Waals surface area (Å²) >= 11 is 0. The van der Waals surface area contributed by atoms with E-state index in [9.17, 15) is 14.4 Å². The van der Waals surface area contributed by atoms with E-state index in [4.69, 9.17) is 14.2 Å². The second-order valence-electron chi connectivity index (χ2n) is 21.3. The van der Waals surface area contributed by atoms with Crippen molar-refractivity contribution in [1.82, 2.24) is 0 Å². The second-order valence-corrected chi connectivity index (χ2v) is 21.3. The average Bonchev–Trinajstić information content (AvgIpc) is 3.38. The van der Waals surface area contributed by atoms with Crippen LogP contribution in [0, 0.1) is 0 Å². The summed E-state index contributed by atoms with van der Waals surface area (Å²) in [5.41, 5.74) is 0. The highest BCUT2D eigenvalue weighted by Gasteiger charge is 2.19. The van der Waals surface area contributed by atoms with Gasteiger partial charge in [0.2, 0.25) is 0 Å². The van der Waals surface area contributed by atoms with Crippen molar-refractivity contribution in [3.8, 4) is 0 Å². The van der Waals surface area contributed by atoms with E-state index in [0.29, 0.717) is 19.3 Å². The molecule has 0 aliphatic heterocycles. The molecular formula is C66H120O6. The number of allylic oxidation sites excluding steroid dienone is 8. The molecule has 0 radical (unpaired) electrons. The first-order valence-corrected chi connectivity index (χ1v) is 31.6. The maximum absolute atomic E-state index is 12.9. The minimum absolute atomic E-state index is 0.0723. The zero-order valence-electron chi connectivity index (χ0n) is 48.2. The zero-order chi connectivity index (χ0) is 52.2. The highest BCUT2D eigenvalue weighted by atomic mass is 16.6. The Labute approximate surface area is 448 Å². The van der Waals surface area contributed by atoms with Gasteiger partial charge in [0, 0.05) is 19.3 Å². The monoisotopic (exact) mass is 1010 g/mol. The van der Waals surface area contributed by atoms with Crippen molar-refractivity contribution in [2.75, 3.05) is 13.2 Å². The van der Waals surface area contributed by atoms with E-state index in [-0.39, 0.29) is 31.1 Å². The molecule has 0 heterocycles. The van der Waals surface area contributed by atoms with E-state index in [2.05, 4.69) is 69.4 Å². The number of hydrogen-bond acceptors (Lipinski definition) is 6. The highest BCUT2D eigenvalue weighted by Crippen LogP contribution is 2.17. The molecule has 6 heteroatoms. The van der Waals surface area contributed by atoms with Gasteiger partial charge in [0.25, 0.3) is 0 Å². The minimum Gasteiger partial charge on any atom is -0.462 e. The van der Waals surface area contributed by atoms with Crippen molar-refractivity contribution in [3.05, 3.63) is 48.6 Å². The van der Waals surface area contributed by atoms with Gasteiger partial charge in [0.1, 0.15) is 13.2 Å². The van der Waals surface area contributed by atoms with Crippen LogP contribution in [0.15, 0.2) is 48.6 Å². The van der Waals surface area contributed by atoms with Gasteiger partial charge in [0.15, 0.2) is 6.10 Å². The number of carbonyl (C=O) groups excluding carboxylic acids is 3. The van der Waals surface area contributed by atoms with Gasteiger partial charge in [-0.15, -0.1) is 0 Å². The third kappa shape index (κ3) is 58.3. The SMILES string of the molecule is CCCCCCC/C=C\C/C=C\C/C=C\CCCCCCCCCCCCC(=O)OCC(COC(=O)CCCCCCCCCC)OC(=O)CCCCCCCCCCC/C=C\CCCCCCCCCC. The van der Waals surface area contributed by atoms with Crippen LogP contribution in [0.1, 0.15) is 335 Å². The second kappa shape index (κ2) is 60.9. The average molecular weight is 1010 g/mol. The van der Waals surface area contributed by atoms with Crippen LogP contribution in [0.4, 0.5) is 0 Å². The van der Waals surface area contributed by atoms with E-state index < -0.39 is 6.10 Å². The molecule has 0 amide bonds. The van der Waals surface area contributed by atoms with Crippen LogP contribution in [-0.2, 0) is 28.6 Å². The van der Waals surface area contributed by atoms with Gasteiger partial charge in [-0.3, -0.25) is 14.4 Å². The van der Waals surface area contributed by atoms with E-state index >= 15 is 0 Å². The molecule has 0 fully saturated rings. The van der Waals surface area contributed by atoms with Crippen molar-refractivity contribution in [2.24, 2.45) is 0 Å². The summed E-state index contributed by atoms with van der Waals surface area (Å²) in [6.07, 6.45) is 75.6. The fourth-order valence-corrected chi connectivity index (χ4v) is 9.27. The van der Waals surface area contributed by atoms with Gasteiger partial charge in [-0.25, -0.2) is 0 Å². The first kappa shape index (κ1) is 69.4. The largest absolute Gasteiger partial charge is 0.462 e. The Kier molecular flexibility index (Phi) is 58.7. The Hall–Kier alpha value is -2.63. The predicted octanol–water partition coefficient (Wildman–Crippen LogP) is 21.4. The van der Waals surface area contributed by atoms with Crippen LogP contribution >= 0.6 is 0 Å². The quantitative estimate of drug-likeness (QED) is 0.0261. The molecule has 0 aromatic carbocycles. The third-order valence-corrected chi connectivity index (χ3v) is 14.1. The molecular weight excluding hydrogens is 889 g/mol. The molecule has 0 spiro atoms. The first-order chi connectivity index (χ1) is 35.5. The van der Waals surface area contributed by atoms with Crippen molar-refractivity contribution < 1.29 is 28.6 Å². The van der Waals surface area contributed by atoms with Crippen molar-refractivity contribution in [3.63, 3.8) is 0 Å². The van der Waals surface area contributed by atoms with Crippen molar-refractivity contribution >= 4 is 17.9 Å². The molecule has 0 N–H and O–H groups in total. The van der Waals surface area contributed by atoms with E-state index in [1.54, 1.807) is 0 Å². The molecule has 0 bridgehead atoms. The minimum atomic E-state index is -0.773. The molecule has 0 saturated heterocycles. The Bertz CT molecular complexity index is 1250. The van der Waals surface area contributed by atoms with Crippen LogP contribution in [-0.4, -0.2) is 37.2 Å². The zero-order valence-corrected chi connectivity index (χ0v) is 48.2. The summed E-state index contributed by atoms with van der Waals surface area (Å²) in [6, 6.07) is 0. The molecule has 1 unspecified atom stereocenters. The number of rotatable bonds is 58. The fourth-order valence-electron chi connectivity index (χ4n) is 9.27. The molecule has 0 rings (SSSR count). The molecule has 0 saturated carbocycles. The number of hydrogen-bond donors (Lipinski definition) is 0. The Morgan fingerprint density at radius 1 is 0.278 bits per heavy atom. The maximum atomic E-state index is 12.9. The van der Waals surface area contributed by atoms with Crippen LogP contribution in [0.5, 0.6) is 0 Å². The van der Waals surface area contributed by atoms with E-state index in [1.165, 1.54) is 225 Å². The normalized spacial score (nSPS) is 12.3. The topological polar surface area (TPSA) is 78.9 Å². The fraction of sp³-hybridized carbons (Fsp3) is 0.833. The summed E-state index contributed by atoms with van der Waals surface area (Å²) in [5, 5.41) is 0. The van der Waals surface area contributed by atoms with Crippen LogP contribution < -0.4 is 0 Å². The number of ether oxygens (including phenoxy) is 3. The lowest BCUT2D eigenvalue weighted by Gasteiger charge is -2.18. The van der Waals surface area contributed by atoms with E-state index in [0.717, 1.165) is 70.6 Å². The molecule has 0 aliphatic carbocycles. The lowest BCUT2D eigenvalue weighted by Crippen LogP contribution is -2.30. The van der Waals surface area contributed by atoms with Gasteiger partial charge in [-0.2, -0.15) is 0 Å². The van der Waals surface area contributed by atoms with Crippen LogP contribution in [0.3, 0.4) is 0 Å². The summed E-state index contributed by atoms with van der Waals surface area (Å²) in [7, 11) is 0. The number of carbonyl (C=O) groups is 3. The molecule has 1 atom stereocenters. The van der Waals surface area contributed by atoms with Gasteiger partial charge in [-0.1, -0.05) is 281 Å². The summed E-state index contributed by atoms with van der Waals surface area (Å²) in [6.45, 7) is 6.64. The maximum Gasteiger partial charge on any atom is 0.306 e. The number of unbranched alkanes of at least 4 members (excludes halogenated alkanes) is 39. The van der Waals surface area contributed by atoms with Crippen LogP contribution in [0.25, 0.3) is 0 Å². The van der Waals surface area contributed by atoms with Gasteiger partial charge >= 0.3 is 17.9 Å². The van der Waals surface area contributed by atoms with Gasteiger partial charge in [-0.05, 0) is 83.5 Å². The van der Waals surface area contributed by atoms with Gasteiger partial charge < -0.3 is 14.2 Å². The van der Waals surface area contributed by atoms with Crippen molar-refractivity contribution in [2.45, 2.75) is 341 Å². The molecule has 0 aliphatic rings. The summed E-state index contributed by atoms with van der Waals surface area (Å²) in [4.78, 5) is 38.1. The molecule has 0 aromatic rings. The predicted molar refractivity (Wildman–Crippen MR) is 312 cm³/mol. The molecule has 420 valence electrons. The lowest BCUT2D eigenvalue weighted by molar-refractivity contribution is -0.167. The van der Waals surface area contributed by atoms with Crippen molar-refractivity contribution in [1.29, 1.82) is 0 Å². The van der Waals surface area contributed by atoms with Crippen LogP contribution in [0.2, 0.25) is 0 Å². The Morgan fingerprint density at radius 3 is 0.792 bits per heavy atom. The smallest absolute Gasteiger partial charge is 0.306 e. The first-order valence-electron chi connectivity index (χ1n) is 31.6. The summed E-state index contributed by atoms with van der Waals surface area (Å²) < 4.78 is 16.9. The van der Waals surface area contributed by atoms with Gasteiger partial charge in [0.05, 0.1) is 0 Å². The lowest BCUT2D eigenvalue weighted by atomic mass is 10.0. The third-order valence-electron chi connectivity index (χ3n) is 14.1. The number of esters is 3. The highest BCUT2D eigenvalue weighted by molar-refractivity contribution is 5.71. The summed E-state index contributed by atoms with van der Waals surface area (Å²) in [5.74, 6) is -0.866. The Balaban J connectivity index is 4.17. The van der Waals surface area contributed by atoms with E-state index in [1.807, 2.05) is 0 Å².